The van der Waals surface area contributed by atoms with Gasteiger partial charge in [-0.05, 0) is 38.0 Å². The Labute approximate surface area is 140 Å². The SMILES string of the molecule is C.C.N#C[C@@H]1C[C@@H]2C[C@@H]2N1C(=O)[C@@H](N)[C]1CCCCCC(O)C1. The van der Waals surface area contributed by atoms with Crippen molar-refractivity contribution in [2.75, 3.05) is 0 Å². The van der Waals surface area contributed by atoms with Gasteiger partial charge in [0.1, 0.15) is 6.04 Å². The Morgan fingerprint density at radius 3 is 2.74 bits per heavy atom. The summed E-state index contributed by atoms with van der Waals surface area (Å²) in [5, 5.41) is 19.2. The minimum absolute atomic E-state index is 0. The van der Waals surface area contributed by atoms with Crippen LogP contribution in [0.15, 0.2) is 0 Å². The number of amides is 1. The summed E-state index contributed by atoms with van der Waals surface area (Å²) < 4.78 is 0. The molecule has 3 fully saturated rings. The number of aliphatic hydroxyl groups excluding tert-OH is 1. The topological polar surface area (TPSA) is 90.4 Å². The van der Waals surface area contributed by atoms with E-state index >= 15 is 0 Å². The lowest BCUT2D eigenvalue weighted by atomic mass is 9.84. The molecule has 1 amide bonds. The zero-order chi connectivity index (χ0) is 15.0. The molecule has 3 N–H and O–H groups in total. The Morgan fingerprint density at radius 2 is 2.04 bits per heavy atom. The number of hydrogen-bond acceptors (Lipinski definition) is 4. The van der Waals surface area contributed by atoms with Crippen molar-refractivity contribution in [1.82, 2.24) is 4.90 Å². The highest BCUT2D eigenvalue weighted by Gasteiger charge is 2.55. The number of hydrogen-bond donors (Lipinski definition) is 2. The molecule has 1 aliphatic heterocycles. The highest BCUT2D eigenvalue weighted by Crippen LogP contribution is 2.48. The number of carbonyl (C=O) groups excluding carboxylic acids is 1. The van der Waals surface area contributed by atoms with Gasteiger partial charge in [0, 0.05) is 12.0 Å². The van der Waals surface area contributed by atoms with Crippen molar-refractivity contribution in [1.29, 1.82) is 5.26 Å². The second kappa shape index (κ2) is 8.12. The molecular formula is C18H32N3O2. The van der Waals surface area contributed by atoms with Gasteiger partial charge < -0.3 is 15.7 Å². The predicted molar refractivity (Wildman–Crippen MR) is 91.1 cm³/mol. The van der Waals surface area contributed by atoms with E-state index in [0.717, 1.165) is 50.9 Å². The monoisotopic (exact) mass is 322 g/mol. The van der Waals surface area contributed by atoms with Crippen LogP contribution in [0.5, 0.6) is 0 Å². The lowest BCUT2D eigenvalue weighted by Gasteiger charge is -2.31. The lowest BCUT2D eigenvalue weighted by Crippen LogP contribution is -2.50. The average molecular weight is 322 g/mol. The zero-order valence-corrected chi connectivity index (χ0v) is 12.4. The van der Waals surface area contributed by atoms with Crippen molar-refractivity contribution >= 4 is 5.91 Å². The van der Waals surface area contributed by atoms with Crippen molar-refractivity contribution in [3.05, 3.63) is 5.92 Å². The maximum Gasteiger partial charge on any atom is 0.241 e. The molecule has 0 aromatic heterocycles. The van der Waals surface area contributed by atoms with Crippen LogP contribution in [0, 0.1) is 23.2 Å². The normalized spacial score (nSPS) is 34.7. The van der Waals surface area contributed by atoms with E-state index < -0.39 is 6.04 Å². The average Bonchev–Trinajstić information content (AvgIpc) is 3.12. The maximum atomic E-state index is 12.7. The van der Waals surface area contributed by atoms with Gasteiger partial charge in [-0.2, -0.15) is 5.26 Å². The van der Waals surface area contributed by atoms with Crippen LogP contribution < -0.4 is 5.73 Å². The van der Waals surface area contributed by atoms with Gasteiger partial charge in [0.25, 0.3) is 0 Å². The summed E-state index contributed by atoms with van der Waals surface area (Å²) in [5.74, 6) is 1.38. The van der Waals surface area contributed by atoms with Crippen molar-refractivity contribution in [2.24, 2.45) is 11.7 Å². The first-order valence-corrected chi connectivity index (χ1v) is 8.12. The van der Waals surface area contributed by atoms with Crippen LogP contribution in [0.3, 0.4) is 0 Å². The third-order valence-corrected chi connectivity index (χ3v) is 5.25. The van der Waals surface area contributed by atoms with Crippen LogP contribution in [-0.4, -0.2) is 40.1 Å². The molecule has 1 saturated heterocycles. The Hall–Kier alpha value is -1.12. The first-order valence-electron chi connectivity index (χ1n) is 8.12. The standard InChI is InChI=1S/C16H24N3O2.2CH4/c17-9-12-6-11-8-14(11)19(12)16(21)15(18)10-4-2-1-3-5-13(20)7-10;;/h11-15,20H,1-8,18H2;2*1H4/t11-,12+,13?,14+,15+;;/m1../s1. The molecule has 3 aliphatic rings. The fourth-order valence-electron chi connectivity index (χ4n) is 3.92. The number of nitriles is 1. The van der Waals surface area contributed by atoms with Crippen LogP contribution >= 0.6 is 0 Å². The van der Waals surface area contributed by atoms with Crippen molar-refractivity contribution in [2.45, 2.75) is 90.4 Å². The van der Waals surface area contributed by atoms with Crippen LogP contribution in [0.25, 0.3) is 0 Å². The fourth-order valence-corrected chi connectivity index (χ4v) is 3.92. The summed E-state index contributed by atoms with van der Waals surface area (Å²) in [4.78, 5) is 14.4. The number of carbonyl (C=O) groups is 1. The number of piperidine rings is 1. The molecule has 0 spiro atoms. The zero-order valence-electron chi connectivity index (χ0n) is 12.4. The van der Waals surface area contributed by atoms with Crippen LogP contribution in [0.2, 0.25) is 0 Å². The molecule has 1 heterocycles. The minimum atomic E-state index is -0.645. The van der Waals surface area contributed by atoms with Crippen molar-refractivity contribution in [3.63, 3.8) is 0 Å². The first kappa shape index (κ1) is 19.9. The number of likely N-dealkylation sites (tertiary alicyclic amines) is 1. The van der Waals surface area contributed by atoms with Gasteiger partial charge in [0.2, 0.25) is 5.91 Å². The fraction of sp³-hybridized carbons (Fsp3) is 0.833. The summed E-state index contributed by atoms with van der Waals surface area (Å²) in [5.41, 5.74) is 6.20. The number of rotatable bonds is 2. The minimum Gasteiger partial charge on any atom is -0.393 e. The molecule has 23 heavy (non-hydrogen) atoms. The number of aliphatic hydroxyl groups is 1. The Bertz CT molecular complexity index is 448. The third-order valence-electron chi connectivity index (χ3n) is 5.25. The quantitative estimate of drug-likeness (QED) is 0.816. The summed E-state index contributed by atoms with van der Waals surface area (Å²) in [7, 11) is 0. The van der Waals surface area contributed by atoms with Crippen molar-refractivity contribution < 1.29 is 9.90 Å². The summed E-state index contributed by atoms with van der Waals surface area (Å²) in [6.07, 6.45) is 6.76. The molecule has 5 atom stereocenters. The second-order valence-corrected chi connectivity index (χ2v) is 6.78. The van der Waals surface area contributed by atoms with E-state index in [0.29, 0.717) is 12.3 Å². The van der Waals surface area contributed by atoms with E-state index in [-0.39, 0.29) is 38.9 Å². The summed E-state index contributed by atoms with van der Waals surface area (Å²) in [6.45, 7) is 0. The first-order chi connectivity index (χ1) is 10.1. The van der Waals surface area contributed by atoms with Gasteiger partial charge in [-0.25, -0.2) is 0 Å². The highest BCUT2D eigenvalue weighted by molar-refractivity contribution is 5.85. The van der Waals surface area contributed by atoms with Crippen molar-refractivity contribution in [3.8, 4) is 6.07 Å². The molecule has 131 valence electrons. The molecule has 0 bridgehead atoms. The van der Waals surface area contributed by atoms with Gasteiger partial charge >= 0.3 is 0 Å². The number of nitrogens with two attached hydrogens (primary N) is 1. The van der Waals surface area contributed by atoms with Crippen LogP contribution in [-0.2, 0) is 4.79 Å². The predicted octanol–water partition coefficient (Wildman–Crippen LogP) is 2.39. The summed E-state index contributed by atoms with van der Waals surface area (Å²) in [6, 6.07) is 1.53. The Kier molecular flexibility index (Phi) is 7.03. The van der Waals surface area contributed by atoms with Gasteiger partial charge in [-0.1, -0.05) is 34.1 Å². The summed E-state index contributed by atoms with van der Waals surface area (Å²) >= 11 is 0. The molecule has 3 rings (SSSR count). The molecule has 5 heteroatoms. The van der Waals surface area contributed by atoms with Gasteiger partial charge in [-0.15, -0.1) is 0 Å². The number of nitrogens with zero attached hydrogens (tertiary/aromatic N) is 2. The molecule has 1 radical (unpaired) electrons. The second-order valence-electron chi connectivity index (χ2n) is 6.78. The van der Waals surface area contributed by atoms with E-state index in [1.807, 2.05) is 0 Å². The van der Waals surface area contributed by atoms with E-state index in [1.54, 1.807) is 4.90 Å². The number of fused-ring (bicyclic) bond motifs is 1. The molecule has 2 aliphatic carbocycles. The smallest absolute Gasteiger partial charge is 0.241 e. The third kappa shape index (κ3) is 4.05. The van der Waals surface area contributed by atoms with E-state index in [2.05, 4.69) is 6.07 Å². The molecule has 0 aromatic rings. The van der Waals surface area contributed by atoms with Crippen LogP contribution in [0.4, 0.5) is 0 Å². The van der Waals surface area contributed by atoms with Crippen LogP contribution in [0.1, 0.15) is 66.2 Å². The largest absolute Gasteiger partial charge is 0.393 e. The van der Waals surface area contributed by atoms with E-state index in [9.17, 15) is 15.2 Å². The maximum absolute atomic E-state index is 12.7. The van der Waals surface area contributed by atoms with Gasteiger partial charge in [0.05, 0.1) is 18.2 Å². The van der Waals surface area contributed by atoms with E-state index in [1.165, 1.54) is 0 Å². The Balaban J connectivity index is 0.00000132. The molecule has 1 unspecified atom stereocenters. The van der Waals surface area contributed by atoms with Gasteiger partial charge in [0.15, 0.2) is 0 Å². The molecule has 2 saturated carbocycles. The molecular weight excluding hydrogens is 290 g/mol. The Morgan fingerprint density at radius 1 is 1.30 bits per heavy atom. The lowest BCUT2D eigenvalue weighted by molar-refractivity contribution is -0.133. The highest BCUT2D eigenvalue weighted by atomic mass is 16.3. The van der Waals surface area contributed by atoms with E-state index in [4.69, 9.17) is 5.73 Å². The molecule has 5 nitrogen and oxygen atoms in total. The molecule has 0 aromatic carbocycles. The van der Waals surface area contributed by atoms with Gasteiger partial charge in [-0.3, -0.25) is 4.79 Å².